The summed E-state index contributed by atoms with van der Waals surface area (Å²) in [6.07, 6.45) is 5.71. The summed E-state index contributed by atoms with van der Waals surface area (Å²) in [5.74, 6) is 0.440. The van der Waals surface area contributed by atoms with E-state index in [4.69, 9.17) is 4.74 Å². The summed E-state index contributed by atoms with van der Waals surface area (Å²) in [4.78, 5) is 17.7. The highest BCUT2D eigenvalue weighted by Gasteiger charge is 2.35. The van der Waals surface area contributed by atoms with E-state index in [9.17, 15) is 13.2 Å². The van der Waals surface area contributed by atoms with Crippen LogP contribution in [0.25, 0.3) is 6.08 Å². The fourth-order valence-electron chi connectivity index (χ4n) is 4.70. The Balaban J connectivity index is 1.29. The topological polar surface area (TPSA) is 70.2 Å². The number of rotatable bonds is 8. The second-order valence-corrected chi connectivity index (χ2v) is 11.0. The molecule has 0 aliphatic carbocycles. The number of piperazine rings is 1. The Morgan fingerprint density at radius 1 is 1.00 bits per heavy atom. The van der Waals surface area contributed by atoms with Gasteiger partial charge in [-0.15, -0.1) is 0 Å². The Bertz CT molecular complexity index is 1100. The molecule has 2 aromatic carbocycles. The lowest BCUT2D eigenvalue weighted by Crippen LogP contribution is -2.53. The van der Waals surface area contributed by atoms with E-state index in [2.05, 4.69) is 29.2 Å². The fourth-order valence-corrected chi connectivity index (χ4v) is 6.22. The molecule has 0 bridgehead atoms. The number of carbonyl (C=O) groups is 1. The number of ether oxygens (including phenoxy) is 1. The molecule has 0 aromatic heterocycles. The molecule has 2 saturated heterocycles. The predicted molar refractivity (Wildman–Crippen MR) is 138 cm³/mol. The molecule has 2 aliphatic heterocycles. The Labute approximate surface area is 209 Å². The summed E-state index contributed by atoms with van der Waals surface area (Å²) in [5.41, 5.74) is 1.18. The first-order chi connectivity index (χ1) is 17.0. The van der Waals surface area contributed by atoms with Crippen molar-refractivity contribution in [3.63, 3.8) is 0 Å². The SMILES string of the molecule is CCOc1ccc(S(=O)(=O)N2CCC[C@H](C(=O)N3CCN(C/C=C/c4ccccc4)CC3)C2)cc1. The van der Waals surface area contributed by atoms with Crippen LogP contribution in [0.5, 0.6) is 5.75 Å². The normalized spacial score (nSPS) is 20.3. The number of amides is 1. The molecule has 188 valence electrons. The van der Waals surface area contributed by atoms with Gasteiger partial charge in [0, 0.05) is 45.8 Å². The summed E-state index contributed by atoms with van der Waals surface area (Å²) >= 11 is 0. The van der Waals surface area contributed by atoms with Gasteiger partial charge in [-0.3, -0.25) is 9.69 Å². The summed E-state index contributed by atoms with van der Waals surface area (Å²) in [6.45, 7) is 6.97. The minimum absolute atomic E-state index is 0.0797. The molecule has 0 spiro atoms. The molecule has 2 aromatic rings. The highest BCUT2D eigenvalue weighted by Crippen LogP contribution is 2.26. The van der Waals surface area contributed by atoms with Gasteiger partial charge in [0.15, 0.2) is 0 Å². The first kappa shape index (κ1) is 25.4. The molecular weight excluding hydrogens is 462 g/mol. The maximum atomic E-state index is 13.2. The molecule has 7 nitrogen and oxygen atoms in total. The molecule has 0 unspecified atom stereocenters. The number of nitrogens with zero attached hydrogens (tertiary/aromatic N) is 3. The largest absolute Gasteiger partial charge is 0.494 e. The first-order valence-electron chi connectivity index (χ1n) is 12.4. The molecule has 0 N–H and O–H groups in total. The molecule has 2 heterocycles. The van der Waals surface area contributed by atoms with E-state index in [1.807, 2.05) is 30.0 Å². The Kier molecular flexibility index (Phi) is 8.59. The predicted octanol–water partition coefficient (Wildman–Crippen LogP) is 3.34. The van der Waals surface area contributed by atoms with Crippen molar-refractivity contribution in [3.8, 4) is 5.75 Å². The highest BCUT2D eigenvalue weighted by atomic mass is 32.2. The summed E-state index contributed by atoms with van der Waals surface area (Å²) in [6, 6.07) is 16.7. The second-order valence-electron chi connectivity index (χ2n) is 9.05. The average molecular weight is 498 g/mol. The zero-order valence-corrected chi connectivity index (χ0v) is 21.2. The first-order valence-corrected chi connectivity index (χ1v) is 13.9. The lowest BCUT2D eigenvalue weighted by Gasteiger charge is -2.38. The third kappa shape index (κ3) is 6.51. The Morgan fingerprint density at radius 2 is 1.71 bits per heavy atom. The van der Waals surface area contributed by atoms with Gasteiger partial charge in [0.05, 0.1) is 17.4 Å². The van der Waals surface area contributed by atoms with Gasteiger partial charge >= 0.3 is 0 Å². The standard InChI is InChI=1S/C27H35N3O4S/c1-2-34-25-12-14-26(15-13-25)35(32,33)30-17-7-11-24(22-30)27(31)29-20-18-28(19-21-29)16-6-10-23-8-4-3-5-9-23/h3-6,8-10,12-15,24H,2,7,11,16-22H2,1H3/b10-6+/t24-/m0/s1. The van der Waals surface area contributed by atoms with Crippen LogP contribution in [-0.2, 0) is 14.8 Å². The van der Waals surface area contributed by atoms with Crippen molar-refractivity contribution in [1.29, 1.82) is 0 Å². The minimum atomic E-state index is -3.64. The fraction of sp³-hybridized carbons (Fsp3) is 0.444. The number of carbonyl (C=O) groups excluding carboxylic acids is 1. The Hall–Kier alpha value is -2.68. The smallest absolute Gasteiger partial charge is 0.243 e. The lowest BCUT2D eigenvalue weighted by atomic mass is 9.98. The molecule has 2 fully saturated rings. The monoisotopic (exact) mass is 497 g/mol. The van der Waals surface area contributed by atoms with Crippen LogP contribution in [0.2, 0.25) is 0 Å². The molecule has 8 heteroatoms. The average Bonchev–Trinajstić information content (AvgIpc) is 2.90. The van der Waals surface area contributed by atoms with Gasteiger partial charge in [-0.2, -0.15) is 4.31 Å². The summed E-state index contributed by atoms with van der Waals surface area (Å²) in [5, 5.41) is 0. The molecule has 2 aliphatic rings. The van der Waals surface area contributed by atoms with Crippen molar-refractivity contribution in [2.24, 2.45) is 5.92 Å². The quantitative estimate of drug-likeness (QED) is 0.560. The van der Waals surface area contributed by atoms with E-state index in [0.29, 0.717) is 38.4 Å². The van der Waals surface area contributed by atoms with Crippen LogP contribution >= 0.6 is 0 Å². The number of hydrogen-bond acceptors (Lipinski definition) is 5. The van der Waals surface area contributed by atoms with E-state index in [-0.39, 0.29) is 23.3 Å². The maximum absolute atomic E-state index is 13.2. The second kappa shape index (κ2) is 11.8. The van der Waals surface area contributed by atoms with Crippen molar-refractivity contribution < 1.29 is 17.9 Å². The molecule has 4 rings (SSSR count). The van der Waals surface area contributed by atoms with Gasteiger partial charge in [0.25, 0.3) is 0 Å². The third-order valence-corrected chi connectivity index (χ3v) is 8.54. The van der Waals surface area contributed by atoms with E-state index in [1.165, 1.54) is 9.87 Å². The van der Waals surface area contributed by atoms with Crippen LogP contribution in [-0.4, -0.2) is 80.9 Å². The van der Waals surface area contributed by atoms with Crippen LogP contribution in [0.15, 0.2) is 65.6 Å². The number of piperidine rings is 1. The van der Waals surface area contributed by atoms with Crippen molar-refractivity contribution in [3.05, 3.63) is 66.2 Å². The van der Waals surface area contributed by atoms with E-state index in [1.54, 1.807) is 24.3 Å². The van der Waals surface area contributed by atoms with Gasteiger partial charge in [-0.25, -0.2) is 8.42 Å². The molecule has 0 saturated carbocycles. The molecular formula is C27H35N3O4S. The maximum Gasteiger partial charge on any atom is 0.243 e. The van der Waals surface area contributed by atoms with Crippen LogP contribution in [0.3, 0.4) is 0 Å². The van der Waals surface area contributed by atoms with Crippen LogP contribution in [0.4, 0.5) is 0 Å². The molecule has 0 radical (unpaired) electrons. The number of benzene rings is 2. The van der Waals surface area contributed by atoms with Crippen molar-refractivity contribution >= 4 is 22.0 Å². The lowest BCUT2D eigenvalue weighted by molar-refractivity contribution is -0.138. The van der Waals surface area contributed by atoms with Gasteiger partial charge in [-0.1, -0.05) is 42.5 Å². The third-order valence-electron chi connectivity index (χ3n) is 6.66. The summed E-state index contributed by atoms with van der Waals surface area (Å²) < 4.78 is 33.3. The number of hydrogen-bond donors (Lipinski definition) is 0. The highest BCUT2D eigenvalue weighted by molar-refractivity contribution is 7.89. The number of sulfonamides is 1. The van der Waals surface area contributed by atoms with Gasteiger partial charge < -0.3 is 9.64 Å². The molecule has 1 amide bonds. The molecule has 1 atom stereocenters. The molecule has 35 heavy (non-hydrogen) atoms. The Morgan fingerprint density at radius 3 is 2.40 bits per heavy atom. The zero-order chi connectivity index (χ0) is 24.7. The van der Waals surface area contributed by atoms with Gasteiger partial charge in [-0.05, 0) is 49.6 Å². The van der Waals surface area contributed by atoms with Crippen LogP contribution in [0, 0.1) is 5.92 Å². The minimum Gasteiger partial charge on any atom is -0.494 e. The summed E-state index contributed by atoms with van der Waals surface area (Å²) in [7, 11) is -3.64. The zero-order valence-electron chi connectivity index (χ0n) is 20.4. The van der Waals surface area contributed by atoms with Crippen molar-refractivity contribution in [1.82, 2.24) is 14.1 Å². The van der Waals surface area contributed by atoms with E-state index in [0.717, 1.165) is 26.1 Å². The van der Waals surface area contributed by atoms with E-state index < -0.39 is 10.0 Å². The van der Waals surface area contributed by atoms with Gasteiger partial charge in [0.2, 0.25) is 15.9 Å². The van der Waals surface area contributed by atoms with Gasteiger partial charge in [0.1, 0.15) is 5.75 Å². The van der Waals surface area contributed by atoms with Crippen LogP contribution < -0.4 is 4.74 Å². The van der Waals surface area contributed by atoms with Crippen molar-refractivity contribution in [2.45, 2.75) is 24.7 Å². The van der Waals surface area contributed by atoms with E-state index >= 15 is 0 Å². The van der Waals surface area contributed by atoms with Crippen molar-refractivity contribution in [2.75, 3.05) is 52.4 Å². The van der Waals surface area contributed by atoms with Crippen LogP contribution in [0.1, 0.15) is 25.3 Å².